The summed E-state index contributed by atoms with van der Waals surface area (Å²) in [5.74, 6) is -0.398. The molecule has 1 aliphatic rings. The summed E-state index contributed by atoms with van der Waals surface area (Å²) in [6, 6.07) is 12.3. The monoisotopic (exact) mass is 455 g/mol. The van der Waals surface area contributed by atoms with Crippen LogP contribution in [0.1, 0.15) is 35.7 Å². The molecular weight excluding hydrogens is 430 g/mol. The molecule has 0 saturated carbocycles. The van der Waals surface area contributed by atoms with Gasteiger partial charge in [0.2, 0.25) is 10.0 Å². The Morgan fingerprint density at radius 1 is 1.16 bits per heavy atom. The van der Waals surface area contributed by atoms with Gasteiger partial charge in [0.05, 0.1) is 15.1 Å². The Morgan fingerprint density at radius 2 is 1.87 bits per heavy atom. The number of nitrogens with zero attached hydrogens (tertiary/aromatic N) is 3. The van der Waals surface area contributed by atoms with Crippen molar-refractivity contribution in [2.24, 2.45) is 4.99 Å². The number of amides is 1. The molecule has 1 aliphatic heterocycles. The summed E-state index contributed by atoms with van der Waals surface area (Å²) in [6.45, 7) is 7.57. The lowest BCUT2D eigenvalue weighted by molar-refractivity contribution is 0.0998. The first-order valence-corrected chi connectivity index (χ1v) is 12.6. The first kappa shape index (κ1) is 21.7. The van der Waals surface area contributed by atoms with Gasteiger partial charge in [0.25, 0.3) is 5.91 Å². The predicted molar refractivity (Wildman–Crippen MR) is 124 cm³/mol. The second-order valence-electron chi connectivity index (χ2n) is 7.49. The molecule has 1 aromatic heterocycles. The molecule has 2 aromatic carbocycles. The second kappa shape index (κ2) is 8.90. The SMILES string of the molecule is C=CCn1c(=NC(=O)c2ccc(S(=O)(=O)N3CCCC3)cc2)sc2cc(CC)ccc21. The number of hydrogen-bond acceptors (Lipinski definition) is 4. The van der Waals surface area contributed by atoms with Gasteiger partial charge in [-0.3, -0.25) is 4.79 Å². The van der Waals surface area contributed by atoms with E-state index in [1.54, 1.807) is 6.08 Å². The van der Waals surface area contributed by atoms with E-state index in [9.17, 15) is 13.2 Å². The summed E-state index contributed by atoms with van der Waals surface area (Å²) in [6.07, 6.45) is 4.48. The number of sulfonamides is 1. The summed E-state index contributed by atoms with van der Waals surface area (Å²) in [5, 5.41) is 0. The van der Waals surface area contributed by atoms with Crippen LogP contribution in [0.2, 0.25) is 0 Å². The zero-order valence-electron chi connectivity index (χ0n) is 17.5. The molecule has 0 N–H and O–H groups in total. The maximum Gasteiger partial charge on any atom is 0.279 e. The summed E-state index contributed by atoms with van der Waals surface area (Å²) < 4.78 is 29.9. The van der Waals surface area contributed by atoms with Crippen LogP contribution in [-0.2, 0) is 23.0 Å². The van der Waals surface area contributed by atoms with Crippen LogP contribution in [0.5, 0.6) is 0 Å². The van der Waals surface area contributed by atoms with Gasteiger partial charge in [0.1, 0.15) is 0 Å². The van der Waals surface area contributed by atoms with Gasteiger partial charge in [-0.05, 0) is 61.2 Å². The number of carbonyl (C=O) groups excluding carboxylic acids is 1. The molecule has 0 unspecified atom stereocenters. The lowest BCUT2D eigenvalue weighted by atomic mass is 10.2. The van der Waals surface area contributed by atoms with E-state index in [2.05, 4.69) is 36.7 Å². The fourth-order valence-electron chi connectivity index (χ4n) is 3.73. The Balaban J connectivity index is 1.67. The van der Waals surface area contributed by atoms with Crippen molar-refractivity contribution in [1.82, 2.24) is 8.87 Å². The fourth-order valence-corrected chi connectivity index (χ4v) is 6.35. The minimum absolute atomic E-state index is 0.210. The maximum atomic E-state index is 12.8. The molecule has 3 aromatic rings. The lowest BCUT2D eigenvalue weighted by Gasteiger charge is -2.15. The molecule has 6 nitrogen and oxygen atoms in total. The highest BCUT2D eigenvalue weighted by atomic mass is 32.2. The van der Waals surface area contributed by atoms with Gasteiger partial charge in [0.15, 0.2) is 4.80 Å². The standard InChI is InChI=1S/C23H25N3O3S2/c1-3-13-26-20-12-7-17(4-2)16-21(20)30-23(26)24-22(27)18-8-10-19(11-9-18)31(28,29)25-14-5-6-15-25/h3,7-12,16H,1,4-6,13-15H2,2H3. The summed E-state index contributed by atoms with van der Waals surface area (Å²) in [5.41, 5.74) is 2.60. The molecule has 0 radical (unpaired) electrons. The Morgan fingerprint density at radius 3 is 2.52 bits per heavy atom. The number of carbonyl (C=O) groups is 1. The van der Waals surface area contributed by atoms with Crippen LogP contribution < -0.4 is 4.80 Å². The van der Waals surface area contributed by atoms with Crippen LogP contribution in [-0.4, -0.2) is 36.3 Å². The van der Waals surface area contributed by atoms with E-state index < -0.39 is 15.9 Å². The average molecular weight is 456 g/mol. The van der Waals surface area contributed by atoms with Gasteiger partial charge in [-0.15, -0.1) is 6.58 Å². The molecule has 1 fully saturated rings. The Kier molecular flexibility index (Phi) is 6.22. The maximum absolute atomic E-state index is 12.8. The third kappa shape index (κ3) is 4.28. The zero-order chi connectivity index (χ0) is 22.0. The normalized spacial score (nSPS) is 15.6. The third-order valence-electron chi connectivity index (χ3n) is 5.47. The largest absolute Gasteiger partial charge is 0.312 e. The fraction of sp³-hybridized carbons (Fsp3) is 0.304. The Labute approximate surface area is 186 Å². The first-order chi connectivity index (χ1) is 14.9. The highest BCUT2D eigenvalue weighted by molar-refractivity contribution is 7.89. The number of aryl methyl sites for hydroxylation is 1. The number of allylic oxidation sites excluding steroid dienone is 1. The highest BCUT2D eigenvalue weighted by Gasteiger charge is 2.27. The zero-order valence-corrected chi connectivity index (χ0v) is 19.1. The van der Waals surface area contributed by atoms with Crippen LogP contribution >= 0.6 is 11.3 Å². The van der Waals surface area contributed by atoms with Crippen LogP contribution in [0.3, 0.4) is 0 Å². The highest BCUT2D eigenvalue weighted by Crippen LogP contribution is 2.22. The van der Waals surface area contributed by atoms with Gasteiger partial charge in [0, 0.05) is 25.2 Å². The van der Waals surface area contributed by atoms with Crippen molar-refractivity contribution in [2.45, 2.75) is 37.6 Å². The minimum Gasteiger partial charge on any atom is -0.312 e. The summed E-state index contributed by atoms with van der Waals surface area (Å²) in [4.78, 5) is 18.0. The number of fused-ring (bicyclic) bond motifs is 1. The first-order valence-electron chi connectivity index (χ1n) is 10.4. The van der Waals surface area contributed by atoms with Crippen molar-refractivity contribution in [3.8, 4) is 0 Å². The third-order valence-corrected chi connectivity index (χ3v) is 8.42. The van der Waals surface area contributed by atoms with Crippen molar-refractivity contribution >= 4 is 37.5 Å². The van der Waals surface area contributed by atoms with E-state index in [1.165, 1.54) is 45.5 Å². The molecule has 31 heavy (non-hydrogen) atoms. The number of rotatable bonds is 6. The van der Waals surface area contributed by atoms with Crippen molar-refractivity contribution in [3.05, 3.63) is 71.0 Å². The van der Waals surface area contributed by atoms with Gasteiger partial charge in [-0.25, -0.2) is 8.42 Å². The van der Waals surface area contributed by atoms with Crippen LogP contribution in [0.15, 0.2) is 65.0 Å². The molecule has 0 spiro atoms. The molecule has 4 rings (SSSR count). The van der Waals surface area contributed by atoms with Crippen LogP contribution in [0, 0.1) is 0 Å². The van der Waals surface area contributed by atoms with Gasteiger partial charge < -0.3 is 4.57 Å². The van der Waals surface area contributed by atoms with E-state index >= 15 is 0 Å². The molecule has 162 valence electrons. The summed E-state index contributed by atoms with van der Waals surface area (Å²) >= 11 is 1.47. The lowest BCUT2D eigenvalue weighted by Crippen LogP contribution is -2.27. The van der Waals surface area contributed by atoms with E-state index in [4.69, 9.17) is 0 Å². The van der Waals surface area contributed by atoms with Crippen molar-refractivity contribution < 1.29 is 13.2 Å². The Hall–Kier alpha value is -2.55. The second-order valence-corrected chi connectivity index (χ2v) is 10.4. The van der Waals surface area contributed by atoms with Crippen molar-refractivity contribution in [2.75, 3.05) is 13.1 Å². The summed E-state index contributed by atoms with van der Waals surface area (Å²) in [7, 11) is -3.50. The smallest absolute Gasteiger partial charge is 0.279 e. The van der Waals surface area contributed by atoms with Gasteiger partial charge in [-0.2, -0.15) is 9.30 Å². The van der Waals surface area contributed by atoms with E-state index in [0.717, 1.165) is 29.5 Å². The number of benzene rings is 2. The van der Waals surface area contributed by atoms with Gasteiger partial charge >= 0.3 is 0 Å². The molecule has 8 heteroatoms. The molecule has 0 aliphatic carbocycles. The number of hydrogen-bond donors (Lipinski definition) is 0. The average Bonchev–Trinajstić information content (AvgIpc) is 3.43. The predicted octanol–water partition coefficient (Wildman–Crippen LogP) is 3.98. The van der Waals surface area contributed by atoms with E-state index in [-0.39, 0.29) is 4.90 Å². The topological polar surface area (TPSA) is 71.7 Å². The number of aromatic nitrogens is 1. The van der Waals surface area contributed by atoms with E-state index in [1.807, 2.05) is 4.57 Å². The van der Waals surface area contributed by atoms with Crippen LogP contribution in [0.4, 0.5) is 0 Å². The molecular formula is C23H25N3O3S2. The Bertz CT molecular complexity index is 1300. The van der Waals surface area contributed by atoms with Gasteiger partial charge in [-0.1, -0.05) is 30.4 Å². The molecule has 0 atom stereocenters. The molecule has 1 amide bonds. The molecule has 2 heterocycles. The molecule has 1 saturated heterocycles. The number of thiazole rings is 1. The molecule has 0 bridgehead atoms. The van der Waals surface area contributed by atoms with Crippen molar-refractivity contribution in [1.29, 1.82) is 0 Å². The van der Waals surface area contributed by atoms with Crippen LogP contribution in [0.25, 0.3) is 10.2 Å². The quantitative estimate of drug-likeness (QED) is 0.528. The minimum atomic E-state index is -3.50. The van der Waals surface area contributed by atoms with E-state index in [0.29, 0.717) is 30.0 Å². The van der Waals surface area contributed by atoms with Crippen molar-refractivity contribution in [3.63, 3.8) is 0 Å².